The van der Waals surface area contributed by atoms with E-state index in [4.69, 9.17) is 5.73 Å². The van der Waals surface area contributed by atoms with Gasteiger partial charge in [-0.15, -0.1) is 0 Å². The molecule has 0 aliphatic carbocycles. The Kier molecular flexibility index (Phi) is 6.26. The molecule has 0 saturated carbocycles. The molecular weight excluding hydrogens is 242 g/mol. The van der Waals surface area contributed by atoms with Gasteiger partial charge in [-0.05, 0) is 53.7 Å². The van der Waals surface area contributed by atoms with Gasteiger partial charge in [0, 0.05) is 6.04 Å². The summed E-state index contributed by atoms with van der Waals surface area (Å²) in [6.07, 6.45) is 4.51. The third kappa shape index (κ3) is 5.28. The maximum absolute atomic E-state index is 6.43. The fraction of sp³-hybridized carbons (Fsp3) is 0.684. The molecule has 0 heterocycles. The molecule has 0 fully saturated rings. The third-order valence-electron chi connectivity index (χ3n) is 4.04. The zero-order valence-corrected chi connectivity index (χ0v) is 14.3. The van der Waals surface area contributed by atoms with Gasteiger partial charge in [-0.3, -0.25) is 0 Å². The summed E-state index contributed by atoms with van der Waals surface area (Å²) in [5.41, 5.74) is 11.0. The molecule has 2 unspecified atom stereocenters. The van der Waals surface area contributed by atoms with Crippen molar-refractivity contribution in [3.8, 4) is 0 Å². The van der Waals surface area contributed by atoms with Crippen molar-refractivity contribution in [1.82, 2.24) is 0 Å². The van der Waals surface area contributed by atoms with Gasteiger partial charge in [-0.25, -0.2) is 0 Å². The summed E-state index contributed by atoms with van der Waals surface area (Å²) in [7, 11) is 0. The van der Waals surface area contributed by atoms with Crippen LogP contribution in [0.3, 0.4) is 0 Å². The van der Waals surface area contributed by atoms with Crippen LogP contribution in [0.2, 0.25) is 0 Å². The topological polar surface area (TPSA) is 26.0 Å². The minimum Gasteiger partial charge on any atom is -0.324 e. The van der Waals surface area contributed by atoms with E-state index < -0.39 is 0 Å². The Labute approximate surface area is 126 Å². The lowest BCUT2D eigenvalue weighted by Crippen LogP contribution is -2.18. The molecule has 0 aromatic heterocycles. The van der Waals surface area contributed by atoms with Crippen molar-refractivity contribution in [3.63, 3.8) is 0 Å². The highest BCUT2D eigenvalue weighted by atomic mass is 14.6. The predicted molar refractivity (Wildman–Crippen MR) is 90.0 cm³/mol. The second-order valence-corrected chi connectivity index (χ2v) is 7.45. The number of benzene rings is 1. The molecule has 0 aliphatic rings. The van der Waals surface area contributed by atoms with E-state index in [1.807, 2.05) is 0 Å². The predicted octanol–water partition coefficient (Wildman–Crippen LogP) is 5.27. The number of rotatable bonds is 6. The molecule has 1 aromatic carbocycles. The van der Waals surface area contributed by atoms with E-state index in [9.17, 15) is 0 Å². The van der Waals surface area contributed by atoms with Gasteiger partial charge < -0.3 is 5.73 Å². The Bertz CT molecular complexity index is 414. The van der Waals surface area contributed by atoms with Crippen LogP contribution in [0.1, 0.15) is 77.1 Å². The van der Waals surface area contributed by atoms with Crippen molar-refractivity contribution in [1.29, 1.82) is 0 Å². The Hall–Kier alpha value is -0.820. The van der Waals surface area contributed by atoms with E-state index in [1.54, 1.807) is 0 Å². The molecule has 20 heavy (non-hydrogen) atoms. The molecule has 0 amide bonds. The lowest BCUT2D eigenvalue weighted by atomic mass is 9.82. The molecule has 114 valence electrons. The summed E-state index contributed by atoms with van der Waals surface area (Å²) < 4.78 is 0. The molecule has 0 saturated heterocycles. The lowest BCUT2D eigenvalue weighted by Gasteiger charge is -2.25. The van der Waals surface area contributed by atoms with Crippen LogP contribution in [0.4, 0.5) is 0 Å². The van der Waals surface area contributed by atoms with E-state index in [-0.39, 0.29) is 6.04 Å². The summed E-state index contributed by atoms with van der Waals surface area (Å²) >= 11 is 0. The van der Waals surface area contributed by atoms with E-state index in [0.29, 0.717) is 11.3 Å². The van der Waals surface area contributed by atoms with Crippen LogP contribution in [0, 0.1) is 11.3 Å². The Balaban J connectivity index is 2.74. The molecule has 1 heteroatoms. The highest BCUT2D eigenvalue weighted by molar-refractivity contribution is 5.33. The first-order chi connectivity index (χ1) is 9.26. The number of hydrogen-bond acceptors (Lipinski definition) is 1. The second-order valence-electron chi connectivity index (χ2n) is 7.45. The third-order valence-corrected chi connectivity index (χ3v) is 4.04. The zero-order valence-electron chi connectivity index (χ0n) is 14.3. The number of hydrogen-bond donors (Lipinski definition) is 1. The van der Waals surface area contributed by atoms with Crippen molar-refractivity contribution < 1.29 is 0 Å². The minimum absolute atomic E-state index is 0.170. The monoisotopic (exact) mass is 275 g/mol. The van der Waals surface area contributed by atoms with Gasteiger partial charge >= 0.3 is 0 Å². The summed E-state index contributed by atoms with van der Waals surface area (Å²) in [6.45, 7) is 13.7. The van der Waals surface area contributed by atoms with Crippen molar-refractivity contribution >= 4 is 0 Å². The van der Waals surface area contributed by atoms with Crippen molar-refractivity contribution in [3.05, 3.63) is 34.9 Å². The number of nitrogens with two attached hydrogens (primary N) is 1. The van der Waals surface area contributed by atoms with Crippen LogP contribution in [0.15, 0.2) is 18.2 Å². The van der Waals surface area contributed by atoms with Crippen LogP contribution in [0.5, 0.6) is 0 Å². The Morgan fingerprint density at radius 1 is 1.05 bits per heavy atom. The number of aryl methyl sites for hydroxylation is 2. The average Bonchev–Trinajstić information content (AvgIpc) is 2.35. The van der Waals surface area contributed by atoms with Gasteiger partial charge in [0.05, 0.1) is 0 Å². The Morgan fingerprint density at radius 3 is 2.15 bits per heavy atom. The van der Waals surface area contributed by atoms with Gasteiger partial charge in [0.2, 0.25) is 0 Å². The van der Waals surface area contributed by atoms with Crippen LogP contribution < -0.4 is 5.73 Å². The van der Waals surface area contributed by atoms with Crippen LogP contribution in [-0.4, -0.2) is 0 Å². The smallest absolute Gasteiger partial charge is 0.0297 e. The zero-order chi connectivity index (χ0) is 15.3. The van der Waals surface area contributed by atoms with E-state index >= 15 is 0 Å². The van der Waals surface area contributed by atoms with Crippen molar-refractivity contribution in [2.75, 3.05) is 0 Å². The molecule has 1 nitrogen and oxygen atoms in total. The summed E-state index contributed by atoms with van der Waals surface area (Å²) in [6, 6.07) is 6.99. The summed E-state index contributed by atoms with van der Waals surface area (Å²) in [4.78, 5) is 0. The molecule has 0 bridgehead atoms. The van der Waals surface area contributed by atoms with Gasteiger partial charge in [0.25, 0.3) is 0 Å². The van der Waals surface area contributed by atoms with Crippen LogP contribution in [-0.2, 0) is 12.8 Å². The fourth-order valence-electron chi connectivity index (χ4n) is 3.25. The molecule has 0 radical (unpaired) electrons. The molecule has 2 atom stereocenters. The maximum atomic E-state index is 6.43. The van der Waals surface area contributed by atoms with E-state index in [2.05, 4.69) is 59.7 Å². The molecule has 1 aromatic rings. The van der Waals surface area contributed by atoms with Crippen molar-refractivity contribution in [2.24, 2.45) is 17.1 Å². The van der Waals surface area contributed by atoms with Gasteiger partial charge in [0.1, 0.15) is 0 Å². The molecule has 0 aliphatic heterocycles. The quantitative estimate of drug-likeness (QED) is 0.751. The summed E-state index contributed by atoms with van der Waals surface area (Å²) in [5.74, 6) is 0.668. The first-order valence-corrected chi connectivity index (χ1v) is 8.14. The molecular formula is C19H33N. The normalized spacial score (nSPS) is 15.2. The second kappa shape index (κ2) is 7.26. The van der Waals surface area contributed by atoms with Crippen LogP contribution >= 0.6 is 0 Å². The maximum Gasteiger partial charge on any atom is 0.0297 e. The highest BCUT2D eigenvalue weighted by Gasteiger charge is 2.18. The SMILES string of the molecule is CCc1ccc(C(N)CC(C)CC(C)(C)C)cc1CC. The molecule has 1 rings (SSSR count). The van der Waals surface area contributed by atoms with Gasteiger partial charge in [-0.1, -0.05) is 59.7 Å². The van der Waals surface area contributed by atoms with Gasteiger partial charge in [-0.2, -0.15) is 0 Å². The van der Waals surface area contributed by atoms with E-state index in [0.717, 1.165) is 19.3 Å². The first-order valence-electron chi connectivity index (χ1n) is 8.14. The minimum atomic E-state index is 0.170. The fourth-order valence-corrected chi connectivity index (χ4v) is 3.25. The summed E-state index contributed by atoms with van der Waals surface area (Å²) in [5, 5.41) is 0. The van der Waals surface area contributed by atoms with E-state index in [1.165, 1.54) is 23.1 Å². The van der Waals surface area contributed by atoms with Crippen molar-refractivity contribution in [2.45, 2.75) is 73.3 Å². The Morgan fingerprint density at radius 2 is 1.65 bits per heavy atom. The molecule has 0 spiro atoms. The highest BCUT2D eigenvalue weighted by Crippen LogP contribution is 2.30. The lowest BCUT2D eigenvalue weighted by molar-refractivity contribution is 0.286. The average molecular weight is 275 g/mol. The standard InChI is InChI=1S/C19H33N/c1-7-15-9-10-17(12-16(15)8-2)18(20)11-14(3)13-19(4,5)6/h9-10,12,14,18H,7-8,11,13,20H2,1-6H3. The van der Waals surface area contributed by atoms with Crippen LogP contribution in [0.25, 0.3) is 0 Å². The first kappa shape index (κ1) is 17.2. The largest absolute Gasteiger partial charge is 0.324 e. The molecule has 2 N–H and O–H groups in total. The van der Waals surface area contributed by atoms with Gasteiger partial charge in [0.15, 0.2) is 0 Å².